The van der Waals surface area contributed by atoms with E-state index >= 15 is 0 Å². The molecule has 4 rings (SSSR count). The van der Waals surface area contributed by atoms with Gasteiger partial charge in [-0.05, 0) is 30.8 Å². The second-order valence-electron chi connectivity index (χ2n) is 12.9. The van der Waals surface area contributed by atoms with Gasteiger partial charge >= 0.3 is 0 Å². The quantitative estimate of drug-likeness (QED) is 0.194. The van der Waals surface area contributed by atoms with Crippen molar-refractivity contribution in [2.75, 3.05) is 6.61 Å². The van der Waals surface area contributed by atoms with Crippen LogP contribution in [0.15, 0.2) is 121 Å². The molecule has 0 saturated carbocycles. The summed E-state index contributed by atoms with van der Waals surface area (Å²) in [5.74, 6) is 0. The van der Waals surface area contributed by atoms with Crippen molar-refractivity contribution >= 4 is 43.7 Å². The minimum Gasteiger partial charge on any atom is -0.405 e. The standard InChI is InChI=1S/C36H44O4Si2/c1-35(2,3)41(29-19-11-7-12-20-29,30-21-13-8-14-22-30)39-28-33(38)34(27-37)40-42(36(4,5)6,31-23-15-9-16-24-31)32-25-17-10-18-26-32/h7-27,33-34,38H,28H2,1-6H3/t33-,34+/m1/s1. The summed E-state index contributed by atoms with van der Waals surface area (Å²) in [6, 6.07) is 40.9. The number of carbonyl (C=O) groups excluding carboxylic acids is 1. The Kier molecular flexibility index (Phi) is 9.86. The van der Waals surface area contributed by atoms with Gasteiger partial charge in [0.1, 0.15) is 18.5 Å². The van der Waals surface area contributed by atoms with E-state index in [4.69, 9.17) is 8.85 Å². The molecule has 0 saturated heterocycles. The number of hydrogen-bond donors (Lipinski definition) is 1. The molecule has 4 aromatic rings. The summed E-state index contributed by atoms with van der Waals surface area (Å²) in [5.41, 5.74) is 0. The van der Waals surface area contributed by atoms with Crippen molar-refractivity contribution in [1.29, 1.82) is 0 Å². The van der Waals surface area contributed by atoms with Crippen molar-refractivity contribution in [3.05, 3.63) is 121 Å². The van der Waals surface area contributed by atoms with Gasteiger partial charge in [-0.15, -0.1) is 0 Å². The molecule has 220 valence electrons. The molecular weight excluding hydrogens is 553 g/mol. The summed E-state index contributed by atoms with van der Waals surface area (Å²) in [6.07, 6.45) is -1.49. The highest BCUT2D eigenvalue weighted by molar-refractivity contribution is 7.00. The molecule has 6 heteroatoms. The van der Waals surface area contributed by atoms with Gasteiger partial charge in [0.15, 0.2) is 0 Å². The number of aliphatic hydroxyl groups is 1. The van der Waals surface area contributed by atoms with Crippen LogP contribution in [0.1, 0.15) is 41.5 Å². The topological polar surface area (TPSA) is 55.8 Å². The van der Waals surface area contributed by atoms with Gasteiger partial charge in [0.2, 0.25) is 0 Å². The van der Waals surface area contributed by atoms with Crippen molar-refractivity contribution in [2.45, 2.75) is 63.8 Å². The fraction of sp³-hybridized carbons (Fsp3) is 0.306. The van der Waals surface area contributed by atoms with Gasteiger partial charge < -0.3 is 18.8 Å². The summed E-state index contributed by atoms with van der Waals surface area (Å²) in [5, 5.41) is 15.5. The fourth-order valence-electron chi connectivity index (χ4n) is 6.16. The van der Waals surface area contributed by atoms with Crippen molar-refractivity contribution in [3.8, 4) is 0 Å². The van der Waals surface area contributed by atoms with Crippen LogP contribution in [0.3, 0.4) is 0 Å². The number of hydrogen-bond acceptors (Lipinski definition) is 4. The zero-order chi connectivity index (χ0) is 30.4. The minimum absolute atomic E-state index is 0.0328. The lowest BCUT2D eigenvalue weighted by molar-refractivity contribution is -0.120. The molecule has 0 amide bonds. The maximum absolute atomic E-state index is 12.8. The van der Waals surface area contributed by atoms with Gasteiger partial charge in [0.05, 0.1) is 6.61 Å². The molecule has 0 unspecified atom stereocenters. The molecule has 0 heterocycles. The lowest BCUT2D eigenvalue weighted by Crippen LogP contribution is -2.69. The van der Waals surface area contributed by atoms with E-state index < -0.39 is 28.8 Å². The Labute approximate surface area is 253 Å². The Morgan fingerprint density at radius 3 is 1.19 bits per heavy atom. The van der Waals surface area contributed by atoms with E-state index in [1.807, 2.05) is 72.8 Å². The molecule has 2 atom stereocenters. The summed E-state index contributed by atoms with van der Waals surface area (Å²) in [6.45, 7) is 13.0. The smallest absolute Gasteiger partial charge is 0.262 e. The number of benzene rings is 4. The molecule has 4 aromatic carbocycles. The highest BCUT2D eigenvalue weighted by atomic mass is 28.4. The summed E-state index contributed by atoms with van der Waals surface area (Å²) in [4.78, 5) is 12.8. The number of aldehydes is 1. The van der Waals surface area contributed by atoms with Crippen LogP contribution in [0, 0.1) is 0 Å². The Bertz CT molecular complexity index is 1320. The average molecular weight is 597 g/mol. The zero-order valence-electron chi connectivity index (χ0n) is 25.7. The maximum atomic E-state index is 12.8. The van der Waals surface area contributed by atoms with E-state index in [9.17, 15) is 9.90 Å². The number of rotatable bonds is 11. The first-order valence-corrected chi connectivity index (χ1v) is 18.5. The Balaban J connectivity index is 1.76. The van der Waals surface area contributed by atoms with Gasteiger partial charge in [-0.2, -0.15) is 0 Å². The monoisotopic (exact) mass is 596 g/mol. The highest BCUT2D eigenvalue weighted by Gasteiger charge is 2.53. The van der Waals surface area contributed by atoms with Gasteiger partial charge in [0.25, 0.3) is 16.6 Å². The SMILES string of the molecule is CC(C)(C)[Si](OC[C@@H](O)[C@H](C=O)O[Si](c1ccccc1)(c1ccccc1)C(C)(C)C)(c1ccccc1)c1ccccc1. The normalized spacial score (nSPS) is 14.3. The Hall–Kier alpha value is -3.14. The molecule has 1 N–H and O–H groups in total. The summed E-state index contributed by atoms with van der Waals surface area (Å²) in [7, 11) is -5.99. The van der Waals surface area contributed by atoms with Crippen LogP contribution < -0.4 is 20.7 Å². The largest absolute Gasteiger partial charge is 0.405 e. The van der Waals surface area contributed by atoms with Crippen LogP contribution in [0.25, 0.3) is 0 Å². The van der Waals surface area contributed by atoms with Crippen molar-refractivity contribution in [3.63, 3.8) is 0 Å². The summed E-state index contributed by atoms with van der Waals surface area (Å²) < 4.78 is 14.0. The summed E-state index contributed by atoms with van der Waals surface area (Å²) >= 11 is 0. The first-order valence-electron chi connectivity index (χ1n) is 14.6. The molecule has 0 spiro atoms. The predicted octanol–water partition coefficient (Wildman–Crippen LogP) is 5.07. The van der Waals surface area contributed by atoms with Gasteiger partial charge in [-0.1, -0.05) is 163 Å². The third-order valence-electron chi connectivity index (χ3n) is 8.13. The van der Waals surface area contributed by atoms with Crippen molar-refractivity contribution in [2.24, 2.45) is 0 Å². The molecule has 0 aliphatic carbocycles. The lowest BCUT2D eigenvalue weighted by Gasteiger charge is -2.46. The van der Waals surface area contributed by atoms with Gasteiger partial charge in [0, 0.05) is 0 Å². The van der Waals surface area contributed by atoms with E-state index in [1.54, 1.807) is 0 Å². The molecule has 0 aliphatic heterocycles. The van der Waals surface area contributed by atoms with E-state index in [1.165, 1.54) is 0 Å². The zero-order valence-corrected chi connectivity index (χ0v) is 27.7. The second kappa shape index (κ2) is 13.0. The fourth-order valence-corrected chi connectivity index (χ4v) is 15.4. The van der Waals surface area contributed by atoms with E-state index in [2.05, 4.69) is 90.1 Å². The second-order valence-corrected chi connectivity index (χ2v) is 21.5. The molecule has 42 heavy (non-hydrogen) atoms. The molecule has 0 radical (unpaired) electrons. The third-order valence-corrected chi connectivity index (χ3v) is 18.2. The first kappa shape index (κ1) is 31.8. The van der Waals surface area contributed by atoms with Crippen LogP contribution in [-0.4, -0.2) is 46.8 Å². The average Bonchev–Trinajstić information content (AvgIpc) is 2.99. The van der Waals surface area contributed by atoms with Crippen molar-refractivity contribution < 1.29 is 18.8 Å². The molecular formula is C36H44O4Si2. The highest BCUT2D eigenvalue weighted by Crippen LogP contribution is 2.39. The first-order chi connectivity index (χ1) is 20.0. The van der Waals surface area contributed by atoms with Crippen LogP contribution >= 0.6 is 0 Å². The molecule has 4 nitrogen and oxygen atoms in total. The van der Waals surface area contributed by atoms with E-state index in [-0.39, 0.29) is 16.7 Å². The molecule has 0 aliphatic rings. The van der Waals surface area contributed by atoms with Crippen LogP contribution in [0.4, 0.5) is 0 Å². The molecule has 0 aromatic heterocycles. The maximum Gasteiger partial charge on any atom is 0.262 e. The van der Waals surface area contributed by atoms with Crippen LogP contribution in [0.5, 0.6) is 0 Å². The minimum atomic E-state index is -3.07. The van der Waals surface area contributed by atoms with Crippen LogP contribution in [0.2, 0.25) is 10.1 Å². The Morgan fingerprint density at radius 1 is 0.595 bits per heavy atom. The molecule has 0 bridgehead atoms. The Morgan fingerprint density at radius 2 is 0.905 bits per heavy atom. The van der Waals surface area contributed by atoms with E-state index in [0.717, 1.165) is 27.0 Å². The number of aliphatic hydroxyl groups excluding tert-OH is 1. The lowest BCUT2D eigenvalue weighted by atomic mass is 10.2. The molecule has 0 fully saturated rings. The number of carbonyl (C=O) groups is 1. The van der Waals surface area contributed by atoms with Gasteiger partial charge in [-0.3, -0.25) is 0 Å². The van der Waals surface area contributed by atoms with E-state index in [0.29, 0.717) is 0 Å². The van der Waals surface area contributed by atoms with Crippen molar-refractivity contribution in [1.82, 2.24) is 0 Å². The van der Waals surface area contributed by atoms with Gasteiger partial charge in [-0.25, -0.2) is 0 Å². The van der Waals surface area contributed by atoms with Crippen LogP contribution in [-0.2, 0) is 13.6 Å². The predicted molar refractivity (Wildman–Crippen MR) is 178 cm³/mol. The third kappa shape index (κ3) is 6.14.